The van der Waals surface area contributed by atoms with Crippen molar-refractivity contribution in [2.24, 2.45) is 5.92 Å². The number of piperidine rings is 1. The van der Waals surface area contributed by atoms with Crippen LogP contribution in [-0.2, 0) is 0 Å². The molecule has 1 saturated heterocycles. The number of halogens is 1. The van der Waals surface area contributed by atoms with Gasteiger partial charge in [0.1, 0.15) is 5.82 Å². The molecule has 2 aromatic heterocycles. The highest BCUT2D eigenvalue weighted by Crippen LogP contribution is 2.22. The van der Waals surface area contributed by atoms with E-state index in [1.165, 1.54) is 12.1 Å². The van der Waals surface area contributed by atoms with Crippen molar-refractivity contribution < 1.29 is 9.18 Å². The van der Waals surface area contributed by atoms with Crippen molar-refractivity contribution in [1.29, 1.82) is 0 Å². The van der Waals surface area contributed by atoms with Gasteiger partial charge in [0.05, 0.1) is 5.69 Å². The van der Waals surface area contributed by atoms with Gasteiger partial charge in [-0.1, -0.05) is 6.92 Å². The fourth-order valence-corrected chi connectivity index (χ4v) is 3.37. The van der Waals surface area contributed by atoms with Gasteiger partial charge in [-0.2, -0.15) is 5.10 Å². The summed E-state index contributed by atoms with van der Waals surface area (Å²) in [7, 11) is 0. The zero-order chi connectivity index (χ0) is 17.4. The number of hydrogen-bond acceptors (Lipinski definition) is 3. The number of carbonyl (C=O) groups is 1. The lowest BCUT2D eigenvalue weighted by molar-refractivity contribution is 0.0676. The maximum atomic E-state index is 13.2. The van der Waals surface area contributed by atoms with Crippen molar-refractivity contribution in [3.63, 3.8) is 0 Å². The molecule has 3 heterocycles. The average Bonchev–Trinajstić information content (AvgIpc) is 3.06. The molecule has 25 heavy (non-hydrogen) atoms. The molecule has 1 aliphatic heterocycles. The quantitative estimate of drug-likeness (QED) is 0.719. The first-order chi connectivity index (χ1) is 12.1. The molecule has 5 nitrogen and oxygen atoms in total. The van der Waals surface area contributed by atoms with Crippen LogP contribution in [-0.4, -0.2) is 38.5 Å². The largest absolute Gasteiger partial charge is 0.337 e. The molecule has 1 fully saturated rings. The molecule has 0 saturated carbocycles. The molecule has 1 aliphatic rings. The van der Waals surface area contributed by atoms with Gasteiger partial charge < -0.3 is 4.90 Å². The summed E-state index contributed by atoms with van der Waals surface area (Å²) in [5.41, 5.74) is 2.60. The van der Waals surface area contributed by atoms with Crippen molar-refractivity contribution in [2.75, 3.05) is 13.1 Å². The summed E-state index contributed by atoms with van der Waals surface area (Å²) in [6.45, 7) is 3.71. The lowest BCUT2D eigenvalue weighted by Gasteiger charge is -2.30. The van der Waals surface area contributed by atoms with Gasteiger partial charge in [0.2, 0.25) is 0 Å². The number of amides is 1. The van der Waals surface area contributed by atoms with E-state index < -0.39 is 0 Å². The summed E-state index contributed by atoms with van der Waals surface area (Å²) in [6, 6.07) is 9.73. The van der Waals surface area contributed by atoms with Crippen molar-refractivity contribution in [2.45, 2.75) is 19.8 Å². The highest BCUT2D eigenvalue weighted by molar-refractivity contribution is 5.93. The first-order valence-electron chi connectivity index (χ1n) is 8.52. The van der Waals surface area contributed by atoms with Crippen LogP contribution in [0.2, 0.25) is 0 Å². The van der Waals surface area contributed by atoms with E-state index in [1.807, 2.05) is 11.0 Å². The zero-order valence-electron chi connectivity index (χ0n) is 14.0. The van der Waals surface area contributed by atoms with Crippen molar-refractivity contribution in [3.8, 4) is 11.3 Å². The lowest BCUT2D eigenvalue weighted by Crippen LogP contribution is -2.39. The second-order valence-corrected chi connectivity index (χ2v) is 6.64. The number of carbonyl (C=O) groups excluding carboxylic acids is 1. The van der Waals surface area contributed by atoms with Crippen LogP contribution in [0.25, 0.3) is 16.9 Å². The maximum absolute atomic E-state index is 13.2. The highest BCUT2D eigenvalue weighted by atomic mass is 19.1. The molecule has 1 amide bonds. The van der Waals surface area contributed by atoms with Crippen molar-refractivity contribution >= 4 is 11.6 Å². The highest BCUT2D eigenvalue weighted by Gasteiger charge is 2.24. The number of rotatable bonds is 2. The number of benzene rings is 1. The van der Waals surface area contributed by atoms with E-state index in [0.717, 1.165) is 37.2 Å². The lowest BCUT2D eigenvalue weighted by atomic mass is 10.0. The minimum atomic E-state index is -0.287. The van der Waals surface area contributed by atoms with Crippen LogP contribution in [0.3, 0.4) is 0 Å². The van der Waals surface area contributed by atoms with Crippen LogP contribution in [0, 0.1) is 11.7 Å². The van der Waals surface area contributed by atoms with Gasteiger partial charge in [0.15, 0.2) is 11.3 Å². The topological polar surface area (TPSA) is 50.5 Å². The minimum absolute atomic E-state index is 0.0536. The average molecular weight is 338 g/mol. The van der Waals surface area contributed by atoms with Crippen LogP contribution >= 0.6 is 0 Å². The van der Waals surface area contributed by atoms with E-state index in [1.54, 1.807) is 28.9 Å². The molecule has 0 unspecified atom stereocenters. The van der Waals surface area contributed by atoms with E-state index in [9.17, 15) is 9.18 Å². The summed E-state index contributed by atoms with van der Waals surface area (Å²) in [5, 5.41) is 4.48. The van der Waals surface area contributed by atoms with Crippen molar-refractivity contribution in [3.05, 3.63) is 54.1 Å². The van der Waals surface area contributed by atoms with Crippen LogP contribution < -0.4 is 0 Å². The van der Waals surface area contributed by atoms with E-state index in [2.05, 4.69) is 17.0 Å². The molecular formula is C19H19FN4O. The number of likely N-dealkylation sites (tertiary alicyclic amines) is 1. The molecule has 3 aromatic rings. The molecule has 0 spiro atoms. The summed E-state index contributed by atoms with van der Waals surface area (Å²) in [6.07, 6.45) is 3.86. The van der Waals surface area contributed by atoms with Gasteiger partial charge in [-0.15, -0.1) is 0 Å². The van der Waals surface area contributed by atoms with Gasteiger partial charge in [-0.05, 0) is 49.1 Å². The Morgan fingerprint density at radius 3 is 2.80 bits per heavy atom. The fraction of sp³-hybridized carbons (Fsp3) is 0.316. The molecular weight excluding hydrogens is 319 g/mol. The Hall–Kier alpha value is -2.76. The van der Waals surface area contributed by atoms with E-state index in [0.29, 0.717) is 17.3 Å². The third kappa shape index (κ3) is 2.99. The van der Waals surface area contributed by atoms with E-state index in [4.69, 9.17) is 0 Å². The smallest absolute Gasteiger partial charge is 0.274 e. The normalized spacial score (nSPS) is 17.8. The monoisotopic (exact) mass is 338 g/mol. The SMILES string of the molecule is C[C@@H]1CCCN(C(=O)c2cc3nccc(-c4ccc(F)cc4)n3n2)C1. The number of aromatic nitrogens is 3. The van der Waals surface area contributed by atoms with Crippen LogP contribution in [0.4, 0.5) is 4.39 Å². The first kappa shape index (κ1) is 15.7. The third-order valence-electron chi connectivity index (χ3n) is 4.66. The Balaban J connectivity index is 1.72. The molecule has 6 heteroatoms. The Morgan fingerprint density at radius 2 is 2.04 bits per heavy atom. The standard InChI is InChI=1S/C19H19FN4O/c1-13-3-2-10-23(12-13)19(25)16-11-18-21-9-8-17(24(18)22-16)14-4-6-15(20)7-5-14/h4-9,11,13H,2-3,10,12H2,1H3/t13-/m1/s1. The Morgan fingerprint density at radius 1 is 1.24 bits per heavy atom. The van der Waals surface area contributed by atoms with Gasteiger partial charge in [-0.25, -0.2) is 13.9 Å². The predicted octanol–water partition coefficient (Wildman–Crippen LogP) is 3.41. The minimum Gasteiger partial charge on any atom is -0.337 e. The first-order valence-corrected chi connectivity index (χ1v) is 8.52. The van der Waals surface area contributed by atoms with Gasteiger partial charge in [0, 0.05) is 30.9 Å². The molecule has 0 N–H and O–H groups in total. The maximum Gasteiger partial charge on any atom is 0.274 e. The van der Waals surface area contributed by atoms with Gasteiger partial charge in [0.25, 0.3) is 5.91 Å². The molecule has 128 valence electrons. The second kappa shape index (κ2) is 6.27. The predicted molar refractivity (Wildman–Crippen MR) is 92.7 cm³/mol. The summed E-state index contributed by atoms with van der Waals surface area (Å²) < 4.78 is 14.8. The number of hydrogen-bond donors (Lipinski definition) is 0. The Labute approximate surface area is 145 Å². The Kier molecular flexibility index (Phi) is 3.95. The zero-order valence-corrected chi connectivity index (χ0v) is 14.0. The van der Waals surface area contributed by atoms with E-state index >= 15 is 0 Å². The molecule has 0 radical (unpaired) electrons. The van der Waals surface area contributed by atoms with Crippen molar-refractivity contribution in [1.82, 2.24) is 19.5 Å². The second-order valence-electron chi connectivity index (χ2n) is 6.64. The van der Waals surface area contributed by atoms with Crippen LogP contribution in [0.5, 0.6) is 0 Å². The van der Waals surface area contributed by atoms with E-state index in [-0.39, 0.29) is 11.7 Å². The summed E-state index contributed by atoms with van der Waals surface area (Å²) >= 11 is 0. The van der Waals surface area contributed by atoms with Gasteiger partial charge in [-0.3, -0.25) is 4.79 Å². The number of fused-ring (bicyclic) bond motifs is 1. The number of nitrogens with zero attached hydrogens (tertiary/aromatic N) is 4. The molecule has 4 rings (SSSR count). The third-order valence-corrected chi connectivity index (χ3v) is 4.66. The Bertz CT molecular complexity index is 919. The molecule has 1 aromatic carbocycles. The molecule has 0 bridgehead atoms. The fourth-order valence-electron chi connectivity index (χ4n) is 3.37. The molecule has 1 atom stereocenters. The van der Waals surface area contributed by atoms with Crippen LogP contribution in [0.15, 0.2) is 42.6 Å². The summed E-state index contributed by atoms with van der Waals surface area (Å²) in [5.74, 6) is 0.175. The molecule has 0 aliphatic carbocycles. The van der Waals surface area contributed by atoms with Gasteiger partial charge >= 0.3 is 0 Å². The van der Waals surface area contributed by atoms with Crippen LogP contribution in [0.1, 0.15) is 30.3 Å². The summed E-state index contributed by atoms with van der Waals surface area (Å²) in [4.78, 5) is 19.0.